The van der Waals surface area contributed by atoms with E-state index in [0.29, 0.717) is 17.3 Å². The highest BCUT2D eigenvalue weighted by Gasteiger charge is 2.23. The number of amides is 1. The highest BCUT2D eigenvalue weighted by molar-refractivity contribution is 5.92. The maximum Gasteiger partial charge on any atom is 0.291 e. The van der Waals surface area contributed by atoms with Crippen LogP contribution in [0.4, 0.5) is 0 Å². The molecule has 1 saturated heterocycles. The smallest absolute Gasteiger partial charge is 0.291 e. The summed E-state index contributed by atoms with van der Waals surface area (Å²) >= 11 is 0. The topological polar surface area (TPSA) is 58.4 Å². The number of nitrogens with zero attached hydrogens (tertiary/aromatic N) is 2. The predicted octanol–water partition coefficient (Wildman–Crippen LogP) is 0.759. The Labute approximate surface area is 101 Å². The van der Waals surface area contributed by atoms with E-state index in [2.05, 4.69) is 10.3 Å². The van der Waals surface area contributed by atoms with Crippen LogP contribution in [-0.4, -0.2) is 42.0 Å². The molecule has 0 aromatic carbocycles. The highest BCUT2D eigenvalue weighted by atomic mass is 35.5. The van der Waals surface area contributed by atoms with Crippen LogP contribution in [0.1, 0.15) is 22.1 Å². The summed E-state index contributed by atoms with van der Waals surface area (Å²) < 4.78 is 5.31. The van der Waals surface area contributed by atoms with Crippen molar-refractivity contribution in [2.24, 2.45) is 0 Å². The second-order valence-corrected chi connectivity index (χ2v) is 3.69. The number of nitrogens with one attached hydrogen (secondary N) is 1. The van der Waals surface area contributed by atoms with E-state index in [4.69, 9.17) is 4.42 Å². The van der Waals surface area contributed by atoms with Gasteiger partial charge in [-0.15, -0.1) is 12.4 Å². The van der Waals surface area contributed by atoms with Crippen molar-refractivity contribution in [1.29, 1.82) is 0 Å². The van der Waals surface area contributed by atoms with Gasteiger partial charge < -0.3 is 14.6 Å². The average Bonchev–Trinajstić information content (AvgIpc) is 2.58. The fourth-order valence-electron chi connectivity index (χ4n) is 1.74. The first-order valence-corrected chi connectivity index (χ1v) is 5.12. The Hall–Kier alpha value is -1.07. The molecular weight excluding hydrogens is 230 g/mol. The van der Waals surface area contributed by atoms with Crippen molar-refractivity contribution in [2.45, 2.75) is 13.8 Å². The Balaban J connectivity index is 0.00000128. The van der Waals surface area contributed by atoms with Gasteiger partial charge in [0.05, 0.1) is 5.69 Å². The summed E-state index contributed by atoms with van der Waals surface area (Å²) in [4.78, 5) is 17.9. The molecule has 0 atom stereocenters. The number of hydrogen-bond acceptors (Lipinski definition) is 4. The van der Waals surface area contributed by atoms with Crippen LogP contribution >= 0.6 is 12.4 Å². The van der Waals surface area contributed by atoms with E-state index in [9.17, 15) is 4.79 Å². The third-order valence-corrected chi connectivity index (χ3v) is 2.50. The molecule has 1 aromatic rings. The van der Waals surface area contributed by atoms with Crippen LogP contribution in [0.5, 0.6) is 0 Å². The third kappa shape index (κ3) is 2.54. The molecule has 90 valence electrons. The highest BCUT2D eigenvalue weighted by Crippen LogP contribution is 2.12. The summed E-state index contributed by atoms with van der Waals surface area (Å²) in [6, 6.07) is 0. The number of hydrogen-bond donors (Lipinski definition) is 1. The fourth-order valence-corrected chi connectivity index (χ4v) is 1.74. The van der Waals surface area contributed by atoms with Gasteiger partial charge in [-0.3, -0.25) is 4.79 Å². The molecule has 0 saturated carbocycles. The second-order valence-electron chi connectivity index (χ2n) is 3.69. The number of oxazole rings is 1. The van der Waals surface area contributed by atoms with Crippen LogP contribution in [0, 0.1) is 13.8 Å². The molecule has 1 aromatic heterocycles. The van der Waals surface area contributed by atoms with Crippen LogP contribution in [0.3, 0.4) is 0 Å². The lowest BCUT2D eigenvalue weighted by molar-refractivity contribution is 0.0701. The van der Waals surface area contributed by atoms with E-state index in [1.54, 1.807) is 18.7 Å². The van der Waals surface area contributed by atoms with Gasteiger partial charge in [0.15, 0.2) is 5.89 Å². The quantitative estimate of drug-likeness (QED) is 0.794. The van der Waals surface area contributed by atoms with Gasteiger partial charge in [0.25, 0.3) is 5.91 Å². The molecule has 0 aliphatic carbocycles. The lowest BCUT2D eigenvalue weighted by atomic mass is 10.3. The lowest BCUT2D eigenvalue weighted by Crippen LogP contribution is -2.46. The molecule has 16 heavy (non-hydrogen) atoms. The lowest BCUT2D eigenvalue weighted by Gasteiger charge is -2.26. The van der Waals surface area contributed by atoms with Gasteiger partial charge in [-0.05, 0) is 6.92 Å². The van der Waals surface area contributed by atoms with Crippen molar-refractivity contribution in [2.75, 3.05) is 26.2 Å². The maximum absolute atomic E-state index is 12.0. The van der Waals surface area contributed by atoms with Gasteiger partial charge in [0.1, 0.15) is 0 Å². The SMILES string of the molecule is Cc1nc(C)c(C(=O)N2CCNCC2)o1.Cl. The van der Waals surface area contributed by atoms with Crippen molar-refractivity contribution in [1.82, 2.24) is 15.2 Å². The first-order valence-electron chi connectivity index (χ1n) is 5.12. The predicted molar refractivity (Wildman–Crippen MR) is 62.0 cm³/mol. The summed E-state index contributed by atoms with van der Waals surface area (Å²) in [6.45, 7) is 6.71. The Morgan fingerprint density at radius 3 is 2.50 bits per heavy atom. The molecule has 0 spiro atoms. The molecule has 0 radical (unpaired) electrons. The Bertz CT molecular complexity index is 372. The molecule has 2 heterocycles. The second kappa shape index (κ2) is 5.32. The number of aromatic nitrogens is 1. The molecule has 1 aliphatic rings. The molecule has 1 fully saturated rings. The Morgan fingerprint density at radius 1 is 1.38 bits per heavy atom. The first kappa shape index (κ1) is 13.0. The molecule has 0 bridgehead atoms. The minimum atomic E-state index is -0.0467. The standard InChI is InChI=1S/C10H15N3O2.ClH/c1-7-9(15-8(2)12-7)10(14)13-5-3-11-4-6-13;/h11H,3-6H2,1-2H3;1H. The van der Waals surface area contributed by atoms with Crippen molar-refractivity contribution >= 4 is 18.3 Å². The normalized spacial score (nSPS) is 15.8. The first-order chi connectivity index (χ1) is 7.18. The minimum absolute atomic E-state index is 0. The van der Waals surface area contributed by atoms with Gasteiger partial charge in [0, 0.05) is 33.1 Å². The average molecular weight is 246 g/mol. The molecule has 5 nitrogen and oxygen atoms in total. The van der Waals surface area contributed by atoms with Crippen LogP contribution in [0.15, 0.2) is 4.42 Å². The van der Waals surface area contributed by atoms with Gasteiger partial charge in [-0.1, -0.05) is 0 Å². The van der Waals surface area contributed by atoms with E-state index in [1.807, 2.05) is 0 Å². The molecular formula is C10H16ClN3O2. The van der Waals surface area contributed by atoms with E-state index < -0.39 is 0 Å². The minimum Gasteiger partial charge on any atom is -0.436 e. The summed E-state index contributed by atoms with van der Waals surface area (Å²) in [5.41, 5.74) is 0.677. The number of aryl methyl sites for hydroxylation is 2. The van der Waals surface area contributed by atoms with Crippen molar-refractivity contribution in [3.8, 4) is 0 Å². The van der Waals surface area contributed by atoms with Gasteiger partial charge in [-0.2, -0.15) is 0 Å². The summed E-state index contributed by atoms with van der Waals surface area (Å²) in [7, 11) is 0. The number of carbonyl (C=O) groups is 1. The monoisotopic (exact) mass is 245 g/mol. The van der Waals surface area contributed by atoms with Crippen LogP contribution < -0.4 is 5.32 Å². The van der Waals surface area contributed by atoms with Gasteiger partial charge >= 0.3 is 0 Å². The molecule has 2 rings (SSSR count). The number of piperazine rings is 1. The number of carbonyl (C=O) groups excluding carboxylic acids is 1. The Morgan fingerprint density at radius 2 is 2.00 bits per heavy atom. The van der Waals surface area contributed by atoms with Crippen LogP contribution in [0.2, 0.25) is 0 Å². The fraction of sp³-hybridized carbons (Fsp3) is 0.600. The van der Waals surface area contributed by atoms with Crippen molar-refractivity contribution in [3.05, 3.63) is 17.3 Å². The summed E-state index contributed by atoms with van der Waals surface area (Å²) in [6.07, 6.45) is 0. The molecule has 0 unspecified atom stereocenters. The van der Waals surface area contributed by atoms with Crippen molar-refractivity contribution < 1.29 is 9.21 Å². The van der Waals surface area contributed by atoms with Gasteiger partial charge in [0.2, 0.25) is 5.76 Å². The van der Waals surface area contributed by atoms with E-state index in [-0.39, 0.29) is 18.3 Å². The largest absolute Gasteiger partial charge is 0.436 e. The Kier molecular flexibility index (Phi) is 4.32. The molecule has 1 N–H and O–H groups in total. The zero-order chi connectivity index (χ0) is 10.8. The van der Waals surface area contributed by atoms with Crippen LogP contribution in [0.25, 0.3) is 0 Å². The zero-order valence-corrected chi connectivity index (χ0v) is 10.3. The zero-order valence-electron chi connectivity index (χ0n) is 9.45. The van der Waals surface area contributed by atoms with Crippen LogP contribution in [-0.2, 0) is 0 Å². The number of rotatable bonds is 1. The third-order valence-electron chi connectivity index (χ3n) is 2.50. The van der Waals surface area contributed by atoms with E-state index in [0.717, 1.165) is 26.2 Å². The maximum atomic E-state index is 12.0. The summed E-state index contributed by atoms with van der Waals surface area (Å²) in [5, 5.41) is 3.20. The molecule has 6 heteroatoms. The van der Waals surface area contributed by atoms with Gasteiger partial charge in [-0.25, -0.2) is 4.98 Å². The van der Waals surface area contributed by atoms with E-state index >= 15 is 0 Å². The molecule has 1 aliphatic heterocycles. The molecule has 1 amide bonds. The number of halogens is 1. The summed E-state index contributed by atoms with van der Waals surface area (Å²) in [5.74, 6) is 0.884. The van der Waals surface area contributed by atoms with Crippen molar-refractivity contribution in [3.63, 3.8) is 0 Å². The van der Waals surface area contributed by atoms with E-state index in [1.165, 1.54) is 0 Å².